The molecule has 0 spiro atoms. The van der Waals surface area contributed by atoms with Gasteiger partial charge in [-0.25, -0.2) is 0 Å². The minimum Gasteiger partial charge on any atom is -0.491 e. The van der Waals surface area contributed by atoms with E-state index in [-0.39, 0.29) is 12.2 Å². The smallest absolute Gasteiger partial charge is 0.119 e. The first-order valence-electron chi connectivity index (χ1n) is 10.0. The normalized spacial score (nSPS) is 19.6. The zero-order valence-electron chi connectivity index (χ0n) is 16.4. The number of benzene rings is 3. The van der Waals surface area contributed by atoms with Crippen LogP contribution in [0.4, 0.5) is 11.4 Å². The van der Waals surface area contributed by atoms with Gasteiger partial charge in [-0.1, -0.05) is 24.3 Å². The highest BCUT2D eigenvalue weighted by atomic mass is 16.6. The average molecular weight is 402 g/mol. The predicted molar refractivity (Wildman–Crippen MR) is 113 cm³/mol. The fourth-order valence-corrected chi connectivity index (χ4v) is 2.90. The number of rotatable bonds is 9. The zero-order valence-corrected chi connectivity index (χ0v) is 16.4. The number of nitrogens with zero attached hydrogens (tertiary/aromatic N) is 2. The fraction of sp³-hybridized carbons (Fsp3) is 0.250. The summed E-state index contributed by atoms with van der Waals surface area (Å²) in [6.07, 6.45) is 0.515. The first kappa shape index (κ1) is 18.8. The highest BCUT2D eigenvalue weighted by molar-refractivity contribution is 5.66. The Bertz CT molecular complexity index is 993. The van der Waals surface area contributed by atoms with Crippen molar-refractivity contribution >= 4 is 11.4 Å². The van der Waals surface area contributed by atoms with Gasteiger partial charge in [-0.3, -0.25) is 0 Å². The minimum atomic E-state index is 0.251. The molecule has 3 aromatic carbocycles. The van der Waals surface area contributed by atoms with Gasteiger partial charge in [0, 0.05) is 0 Å². The third kappa shape index (κ3) is 5.23. The Hall–Kier alpha value is -3.22. The van der Waals surface area contributed by atoms with Crippen LogP contribution >= 0.6 is 0 Å². The van der Waals surface area contributed by atoms with Crippen molar-refractivity contribution in [1.82, 2.24) is 0 Å². The zero-order chi connectivity index (χ0) is 20.2. The molecule has 0 bridgehead atoms. The Morgan fingerprint density at radius 3 is 1.40 bits per heavy atom. The summed E-state index contributed by atoms with van der Waals surface area (Å²) in [4.78, 5) is 0. The predicted octanol–water partition coefficient (Wildman–Crippen LogP) is 5.32. The summed E-state index contributed by atoms with van der Waals surface area (Å²) < 4.78 is 21.6. The lowest BCUT2D eigenvalue weighted by atomic mass is 10.1. The lowest BCUT2D eigenvalue weighted by Crippen LogP contribution is -2.03. The minimum absolute atomic E-state index is 0.251. The Kier molecular flexibility index (Phi) is 5.42. The second-order valence-electron chi connectivity index (χ2n) is 7.30. The lowest BCUT2D eigenvalue weighted by Gasteiger charge is -2.06. The highest BCUT2D eigenvalue weighted by Gasteiger charge is 2.23. The highest BCUT2D eigenvalue weighted by Crippen LogP contribution is 2.27. The van der Waals surface area contributed by atoms with Crippen LogP contribution in [0.15, 0.2) is 83.0 Å². The molecule has 6 nitrogen and oxygen atoms in total. The molecule has 6 heteroatoms. The van der Waals surface area contributed by atoms with Gasteiger partial charge in [0.25, 0.3) is 0 Å². The van der Waals surface area contributed by atoms with Gasteiger partial charge >= 0.3 is 0 Å². The van der Waals surface area contributed by atoms with Gasteiger partial charge in [0.1, 0.15) is 36.9 Å². The number of ether oxygens (including phenoxy) is 4. The maximum absolute atomic E-state index is 5.68. The van der Waals surface area contributed by atoms with Crippen molar-refractivity contribution in [3.8, 4) is 22.6 Å². The maximum Gasteiger partial charge on any atom is 0.119 e. The largest absolute Gasteiger partial charge is 0.491 e. The van der Waals surface area contributed by atoms with E-state index >= 15 is 0 Å². The van der Waals surface area contributed by atoms with E-state index in [9.17, 15) is 0 Å². The third-order valence-electron chi connectivity index (χ3n) is 4.85. The van der Waals surface area contributed by atoms with Crippen LogP contribution in [-0.2, 0) is 9.47 Å². The molecule has 2 heterocycles. The molecule has 2 aliphatic rings. The molecule has 2 fully saturated rings. The van der Waals surface area contributed by atoms with E-state index in [1.807, 2.05) is 60.7 Å². The van der Waals surface area contributed by atoms with Crippen LogP contribution in [0.2, 0.25) is 0 Å². The Morgan fingerprint density at radius 1 is 0.600 bits per heavy atom. The molecular formula is C24H22N2O4. The summed E-state index contributed by atoms with van der Waals surface area (Å²) in [5.41, 5.74) is 3.82. The van der Waals surface area contributed by atoms with Crippen molar-refractivity contribution in [1.29, 1.82) is 0 Å². The van der Waals surface area contributed by atoms with Crippen molar-refractivity contribution in [2.24, 2.45) is 10.2 Å². The summed E-state index contributed by atoms with van der Waals surface area (Å²) in [5.74, 6) is 1.67. The second kappa shape index (κ2) is 8.65. The standard InChI is InChI=1S/C24H22N2O4/c1-5-19(25-26-20-7-11-22(12-8-20)28-14-24-16-30-24)6-2-17(1)18-3-9-21(10-4-18)27-13-23-15-29-23/h1-12,23-24H,13-16H2/b26-25+. The second-order valence-corrected chi connectivity index (χ2v) is 7.30. The van der Waals surface area contributed by atoms with E-state index in [0.717, 1.165) is 47.2 Å². The van der Waals surface area contributed by atoms with Crippen LogP contribution < -0.4 is 9.47 Å². The lowest BCUT2D eigenvalue weighted by molar-refractivity contribution is 0.263. The fourth-order valence-electron chi connectivity index (χ4n) is 2.90. The third-order valence-corrected chi connectivity index (χ3v) is 4.85. The first-order chi connectivity index (χ1) is 14.8. The Morgan fingerprint density at radius 2 is 0.967 bits per heavy atom. The van der Waals surface area contributed by atoms with Crippen molar-refractivity contribution in [3.05, 3.63) is 72.8 Å². The average Bonchev–Trinajstić information content (AvgIpc) is 3.71. The summed E-state index contributed by atoms with van der Waals surface area (Å²) in [6, 6.07) is 23.6. The molecule has 2 saturated heterocycles. The monoisotopic (exact) mass is 402 g/mol. The summed E-state index contributed by atoms with van der Waals surface area (Å²) >= 11 is 0. The van der Waals surface area contributed by atoms with E-state index in [4.69, 9.17) is 18.9 Å². The van der Waals surface area contributed by atoms with Crippen molar-refractivity contribution in [2.75, 3.05) is 26.4 Å². The van der Waals surface area contributed by atoms with Crippen LogP contribution in [0, 0.1) is 0 Å². The topological polar surface area (TPSA) is 68.2 Å². The Balaban J connectivity index is 1.17. The molecule has 0 saturated carbocycles. The van der Waals surface area contributed by atoms with Crippen LogP contribution in [0.1, 0.15) is 0 Å². The van der Waals surface area contributed by atoms with Gasteiger partial charge in [-0.2, -0.15) is 10.2 Å². The van der Waals surface area contributed by atoms with E-state index in [0.29, 0.717) is 13.2 Å². The molecular weight excluding hydrogens is 380 g/mol. The SMILES string of the molecule is c1cc(OCC2CO2)ccc1/N=N/c1ccc(-c2ccc(OCC3CO3)cc2)cc1. The van der Waals surface area contributed by atoms with Crippen LogP contribution in [0.25, 0.3) is 11.1 Å². The molecule has 2 atom stereocenters. The number of hydrogen-bond donors (Lipinski definition) is 0. The summed E-state index contributed by atoms with van der Waals surface area (Å²) in [6.45, 7) is 2.81. The molecule has 30 heavy (non-hydrogen) atoms. The van der Waals surface area contributed by atoms with E-state index < -0.39 is 0 Å². The Labute approximate surface area is 175 Å². The number of azo groups is 1. The van der Waals surface area contributed by atoms with Gasteiger partial charge in [-0.15, -0.1) is 0 Å². The van der Waals surface area contributed by atoms with Crippen molar-refractivity contribution in [3.63, 3.8) is 0 Å². The van der Waals surface area contributed by atoms with E-state index in [2.05, 4.69) is 22.4 Å². The molecule has 0 N–H and O–H groups in total. The molecule has 3 aromatic rings. The molecule has 0 amide bonds. The van der Waals surface area contributed by atoms with Crippen LogP contribution in [0.5, 0.6) is 11.5 Å². The molecule has 2 aliphatic heterocycles. The summed E-state index contributed by atoms with van der Waals surface area (Å²) in [7, 11) is 0. The van der Waals surface area contributed by atoms with Gasteiger partial charge in [0.15, 0.2) is 0 Å². The first-order valence-corrected chi connectivity index (χ1v) is 10.0. The molecule has 0 aliphatic carbocycles. The van der Waals surface area contributed by atoms with Gasteiger partial charge in [0.05, 0.1) is 24.6 Å². The summed E-state index contributed by atoms with van der Waals surface area (Å²) in [5, 5.41) is 8.62. The van der Waals surface area contributed by atoms with E-state index in [1.165, 1.54) is 0 Å². The maximum atomic E-state index is 5.68. The number of hydrogen-bond acceptors (Lipinski definition) is 6. The molecule has 0 radical (unpaired) electrons. The van der Waals surface area contributed by atoms with Crippen molar-refractivity contribution < 1.29 is 18.9 Å². The number of epoxide rings is 2. The van der Waals surface area contributed by atoms with Gasteiger partial charge < -0.3 is 18.9 Å². The van der Waals surface area contributed by atoms with Gasteiger partial charge in [-0.05, 0) is 59.7 Å². The molecule has 0 aromatic heterocycles. The van der Waals surface area contributed by atoms with Crippen LogP contribution in [0.3, 0.4) is 0 Å². The van der Waals surface area contributed by atoms with E-state index in [1.54, 1.807) is 0 Å². The van der Waals surface area contributed by atoms with Crippen molar-refractivity contribution in [2.45, 2.75) is 12.2 Å². The van der Waals surface area contributed by atoms with Gasteiger partial charge in [0.2, 0.25) is 0 Å². The quantitative estimate of drug-likeness (QED) is 0.359. The molecule has 2 unspecified atom stereocenters. The van der Waals surface area contributed by atoms with Crippen LogP contribution in [-0.4, -0.2) is 38.6 Å². The molecule has 5 rings (SSSR count). The molecule has 152 valence electrons.